The summed E-state index contributed by atoms with van der Waals surface area (Å²) in [5, 5.41) is 8.64. The van der Waals surface area contributed by atoms with Crippen molar-refractivity contribution in [2.75, 3.05) is 26.0 Å². The topological polar surface area (TPSA) is 101 Å². The van der Waals surface area contributed by atoms with Crippen LogP contribution in [-0.4, -0.2) is 38.9 Å². The van der Waals surface area contributed by atoms with Gasteiger partial charge in [0, 0.05) is 6.54 Å². The van der Waals surface area contributed by atoms with E-state index in [2.05, 4.69) is 10.3 Å². The first kappa shape index (κ1) is 15.0. The van der Waals surface area contributed by atoms with Crippen LogP contribution in [-0.2, 0) is 10.0 Å². The molecule has 0 aliphatic rings. The third-order valence-electron chi connectivity index (χ3n) is 2.71. The zero-order chi connectivity index (χ0) is 14.8. The van der Waals surface area contributed by atoms with Crippen LogP contribution in [0.5, 0.6) is 0 Å². The van der Waals surface area contributed by atoms with E-state index in [4.69, 9.17) is 9.56 Å². The highest BCUT2D eigenvalue weighted by Gasteiger charge is 2.18. The summed E-state index contributed by atoms with van der Waals surface area (Å²) in [6.07, 6.45) is 2.87. The number of hydrogen-bond donors (Lipinski definition) is 2. The largest absolute Gasteiger partial charge is 0.468 e. The van der Waals surface area contributed by atoms with Crippen molar-refractivity contribution in [2.24, 2.45) is 5.14 Å². The van der Waals surface area contributed by atoms with Crippen molar-refractivity contribution in [3.63, 3.8) is 0 Å². The first-order valence-electron chi connectivity index (χ1n) is 5.80. The van der Waals surface area contributed by atoms with Gasteiger partial charge in [0.1, 0.15) is 5.76 Å². The van der Waals surface area contributed by atoms with Crippen molar-refractivity contribution in [1.29, 1.82) is 0 Å². The molecule has 3 N–H and O–H groups in total. The van der Waals surface area contributed by atoms with Crippen LogP contribution in [0.1, 0.15) is 11.8 Å². The summed E-state index contributed by atoms with van der Waals surface area (Å²) >= 11 is 1.01. The highest BCUT2D eigenvalue weighted by atomic mass is 32.2. The Morgan fingerprint density at radius 1 is 1.55 bits per heavy atom. The van der Waals surface area contributed by atoms with E-state index in [9.17, 15) is 8.42 Å². The molecule has 0 saturated heterocycles. The summed E-state index contributed by atoms with van der Waals surface area (Å²) in [5.41, 5.74) is 0. The van der Waals surface area contributed by atoms with E-state index in [0.717, 1.165) is 17.1 Å². The fraction of sp³-hybridized carbons (Fsp3) is 0.364. The lowest BCUT2D eigenvalue weighted by Gasteiger charge is -2.22. The van der Waals surface area contributed by atoms with Crippen molar-refractivity contribution in [3.05, 3.63) is 30.4 Å². The van der Waals surface area contributed by atoms with Gasteiger partial charge in [-0.2, -0.15) is 0 Å². The predicted octanol–water partition coefficient (Wildman–Crippen LogP) is 1.10. The predicted molar refractivity (Wildman–Crippen MR) is 77.1 cm³/mol. The molecule has 0 radical (unpaired) electrons. The summed E-state index contributed by atoms with van der Waals surface area (Å²) in [6, 6.07) is 3.74. The summed E-state index contributed by atoms with van der Waals surface area (Å²) in [5.74, 6) is 0.825. The molecule has 0 saturated carbocycles. The minimum Gasteiger partial charge on any atom is -0.468 e. The molecule has 1 atom stereocenters. The number of rotatable bonds is 6. The van der Waals surface area contributed by atoms with Gasteiger partial charge in [-0.05, 0) is 26.2 Å². The lowest BCUT2D eigenvalue weighted by atomic mass is 10.2. The van der Waals surface area contributed by atoms with Crippen molar-refractivity contribution >= 4 is 26.5 Å². The van der Waals surface area contributed by atoms with E-state index in [-0.39, 0.29) is 10.3 Å². The second-order valence-electron chi connectivity index (χ2n) is 4.41. The molecule has 2 aromatic rings. The zero-order valence-electron chi connectivity index (χ0n) is 11.1. The molecule has 0 bridgehead atoms. The van der Waals surface area contributed by atoms with Crippen LogP contribution in [0.2, 0.25) is 0 Å². The number of aromatic nitrogens is 1. The van der Waals surface area contributed by atoms with Crippen LogP contribution in [0.15, 0.2) is 33.2 Å². The standard InChI is InChI=1S/C11H16N4O3S2/c1-15(2)8(9-4-3-5-18-9)6-13-11-14-7-10(19-11)20(12,16)17/h3-5,7-8H,6H2,1-2H3,(H,13,14)(H2,12,16,17). The van der Waals surface area contributed by atoms with Crippen molar-refractivity contribution in [3.8, 4) is 0 Å². The molecule has 0 fully saturated rings. The average Bonchev–Trinajstić information content (AvgIpc) is 2.97. The first-order chi connectivity index (χ1) is 9.38. The van der Waals surface area contributed by atoms with Gasteiger partial charge in [-0.25, -0.2) is 18.5 Å². The van der Waals surface area contributed by atoms with E-state index < -0.39 is 10.0 Å². The average molecular weight is 316 g/mol. The van der Waals surface area contributed by atoms with Crippen LogP contribution in [0.4, 0.5) is 5.13 Å². The van der Waals surface area contributed by atoms with E-state index in [1.165, 1.54) is 6.20 Å². The van der Waals surface area contributed by atoms with Gasteiger partial charge in [-0.1, -0.05) is 11.3 Å². The van der Waals surface area contributed by atoms with Crippen LogP contribution >= 0.6 is 11.3 Å². The molecule has 0 aliphatic heterocycles. The Hall–Kier alpha value is -1.42. The highest BCUT2D eigenvalue weighted by Crippen LogP contribution is 2.24. The Balaban J connectivity index is 2.05. The van der Waals surface area contributed by atoms with E-state index in [0.29, 0.717) is 11.7 Å². The summed E-state index contributed by atoms with van der Waals surface area (Å²) in [4.78, 5) is 5.99. The SMILES string of the molecule is CN(C)C(CNc1ncc(S(N)(=O)=O)s1)c1ccco1. The second-order valence-corrected chi connectivity index (χ2v) is 7.22. The number of nitrogens with zero attached hydrogens (tertiary/aromatic N) is 2. The number of primary sulfonamides is 1. The van der Waals surface area contributed by atoms with Crippen molar-refractivity contribution in [2.45, 2.75) is 10.3 Å². The van der Waals surface area contributed by atoms with Gasteiger partial charge in [0.25, 0.3) is 0 Å². The third kappa shape index (κ3) is 3.57. The minimum absolute atomic E-state index is 0.0202. The summed E-state index contributed by atoms with van der Waals surface area (Å²) < 4.78 is 27.8. The fourth-order valence-electron chi connectivity index (χ4n) is 1.68. The molecule has 0 amide bonds. The maximum atomic E-state index is 11.2. The van der Waals surface area contributed by atoms with Crippen LogP contribution in [0.3, 0.4) is 0 Å². The molecule has 7 nitrogen and oxygen atoms in total. The maximum absolute atomic E-state index is 11.2. The van der Waals surface area contributed by atoms with Gasteiger partial charge in [0.15, 0.2) is 9.34 Å². The number of nitrogens with one attached hydrogen (secondary N) is 1. The molecular weight excluding hydrogens is 300 g/mol. The molecule has 110 valence electrons. The number of furan rings is 1. The molecule has 2 heterocycles. The van der Waals surface area contributed by atoms with Gasteiger partial charge >= 0.3 is 0 Å². The Morgan fingerprint density at radius 2 is 2.30 bits per heavy atom. The number of sulfonamides is 1. The highest BCUT2D eigenvalue weighted by molar-refractivity contribution is 7.91. The lowest BCUT2D eigenvalue weighted by Crippen LogP contribution is -2.26. The summed E-state index contributed by atoms with van der Waals surface area (Å²) in [6.45, 7) is 0.540. The van der Waals surface area contributed by atoms with Crippen LogP contribution in [0, 0.1) is 0 Å². The molecule has 20 heavy (non-hydrogen) atoms. The fourth-order valence-corrected chi connectivity index (χ4v) is 3.13. The van der Waals surface area contributed by atoms with Crippen LogP contribution < -0.4 is 10.5 Å². The number of thiazole rings is 1. The quantitative estimate of drug-likeness (QED) is 0.827. The van der Waals surface area contributed by atoms with E-state index in [1.807, 2.05) is 31.1 Å². The van der Waals surface area contributed by atoms with E-state index in [1.54, 1.807) is 6.26 Å². The molecule has 1 unspecified atom stereocenters. The Labute approximate surface area is 121 Å². The number of nitrogens with two attached hydrogens (primary N) is 1. The number of likely N-dealkylation sites (N-methyl/N-ethyl adjacent to an activating group) is 1. The van der Waals surface area contributed by atoms with Gasteiger partial charge in [0.2, 0.25) is 10.0 Å². The number of hydrogen-bond acceptors (Lipinski definition) is 7. The smallest absolute Gasteiger partial charge is 0.249 e. The van der Waals surface area contributed by atoms with Crippen molar-refractivity contribution < 1.29 is 12.8 Å². The van der Waals surface area contributed by atoms with Gasteiger partial charge in [-0.3, -0.25) is 4.90 Å². The third-order valence-corrected chi connectivity index (χ3v) is 5.07. The molecule has 0 aliphatic carbocycles. The molecular formula is C11H16N4O3S2. The van der Waals surface area contributed by atoms with E-state index >= 15 is 0 Å². The molecule has 0 aromatic carbocycles. The van der Waals surface area contributed by atoms with Crippen molar-refractivity contribution in [1.82, 2.24) is 9.88 Å². The Bertz CT molecular complexity index is 649. The summed E-state index contributed by atoms with van der Waals surface area (Å²) in [7, 11) is 0.181. The van der Waals surface area contributed by atoms with Gasteiger partial charge in [0.05, 0.1) is 18.5 Å². The van der Waals surface area contributed by atoms with Gasteiger partial charge < -0.3 is 9.73 Å². The monoisotopic (exact) mass is 316 g/mol. The minimum atomic E-state index is -3.69. The molecule has 9 heteroatoms. The lowest BCUT2D eigenvalue weighted by molar-refractivity contribution is 0.269. The Morgan fingerprint density at radius 3 is 2.80 bits per heavy atom. The maximum Gasteiger partial charge on any atom is 0.249 e. The molecule has 0 spiro atoms. The van der Waals surface area contributed by atoms with Crippen LogP contribution in [0.25, 0.3) is 0 Å². The molecule has 2 rings (SSSR count). The first-order valence-corrected chi connectivity index (χ1v) is 8.16. The van der Waals surface area contributed by atoms with Gasteiger partial charge in [-0.15, -0.1) is 0 Å². The number of anilines is 1. The normalized spacial score (nSPS) is 13.6. The zero-order valence-corrected chi connectivity index (χ0v) is 12.7. The molecule has 2 aromatic heterocycles. The second kappa shape index (κ2) is 5.92. The Kier molecular flexibility index (Phi) is 4.43.